The van der Waals surface area contributed by atoms with Crippen LogP contribution < -0.4 is 5.32 Å². The Balaban J connectivity index is 1.87. The SMILES string of the molecule is CC1(C)C(C(=O)Nc2ccnc3ccnn23)C1(C)C. The lowest BCUT2D eigenvalue weighted by atomic mass is 10.0. The standard InChI is InChI=1S/C14H18N4O/c1-13(2)11(14(13,3)4)12(19)17-10-5-7-15-9-6-8-16-18(9)10/h5-8,11H,1-4H3,(H,17,19). The van der Waals surface area contributed by atoms with Crippen molar-refractivity contribution in [2.75, 3.05) is 5.32 Å². The minimum absolute atomic E-state index is 0.0266. The van der Waals surface area contributed by atoms with Crippen LogP contribution in [0.1, 0.15) is 27.7 Å². The summed E-state index contributed by atoms with van der Waals surface area (Å²) in [5.74, 6) is 0.746. The molecular weight excluding hydrogens is 240 g/mol. The van der Waals surface area contributed by atoms with Crippen LogP contribution in [0.3, 0.4) is 0 Å². The highest BCUT2D eigenvalue weighted by atomic mass is 16.2. The van der Waals surface area contributed by atoms with E-state index in [4.69, 9.17) is 0 Å². The van der Waals surface area contributed by atoms with Crippen molar-refractivity contribution >= 4 is 17.4 Å². The van der Waals surface area contributed by atoms with Gasteiger partial charge in [0.05, 0.1) is 6.20 Å². The van der Waals surface area contributed by atoms with Gasteiger partial charge in [-0.25, -0.2) is 4.98 Å². The molecule has 3 rings (SSSR count). The summed E-state index contributed by atoms with van der Waals surface area (Å²) in [5.41, 5.74) is 0.799. The third-order valence-electron chi connectivity index (χ3n) is 4.82. The second-order valence-corrected chi connectivity index (χ2v) is 6.30. The Morgan fingerprint density at radius 1 is 1.21 bits per heavy atom. The van der Waals surface area contributed by atoms with Crippen LogP contribution in [-0.2, 0) is 4.79 Å². The maximum absolute atomic E-state index is 12.4. The van der Waals surface area contributed by atoms with E-state index in [1.807, 2.05) is 0 Å². The molecule has 1 aliphatic rings. The summed E-state index contributed by atoms with van der Waals surface area (Å²) in [5, 5.41) is 7.13. The average molecular weight is 258 g/mol. The predicted molar refractivity (Wildman–Crippen MR) is 72.7 cm³/mol. The van der Waals surface area contributed by atoms with Crippen molar-refractivity contribution in [3.63, 3.8) is 0 Å². The van der Waals surface area contributed by atoms with E-state index in [0.717, 1.165) is 5.65 Å². The van der Waals surface area contributed by atoms with Gasteiger partial charge >= 0.3 is 0 Å². The number of anilines is 1. The highest BCUT2D eigenvalue weighted by Gasteiger charge is 2.68. The molecule has 1 amide bonds. The smallest absolute Gasteiger partial charge is 0.229 e. The molecule has 0 bridgehead atoms. The highest BCUT2D eigenvalue weighted by Crippen LogP contribution is 2.68. The molecule has 2 aromatic heterocycles. The van der Waals surface area contributed by atoms with Crippen LogP contribution in [0.15, 0.2) is 24.5 Å². The van der Waals surface area contributed by atoms with Gasteiger partial charge in [-0.2, -0.15) is 9.61 Å². The molecule has 1 fully saturated rings. The zero-order valence-corrected chi connectivity index (χ0v) is 11.6. The van der Waals surface area contributed by atoms with Gasteiger partial charge in [0.25, 0.3) is 0 Å². The van der Waals surface area contributed by atoms with Crippen molar-refractivity contribution < 1.29 is 4.79 Å². The number of carbonyl (C=O) groups excluding carboxylic acids is 1. The Hall–Kier alpha value is -1.91. The van der Waals surface area contributed by atoms with Gasteiger partial charge in [-0.05, 0) is 16.9 Å². The summed E-state index contributed by atoms with van der Waals surface area (Å²) in [6.45, 7) is 8.53. The number of aromatic nitrogens is 3. The number of amides is 1. The highest BCUT2D eigenvalue weighted by molar-refractivity contribution is 5.95. The Morgan fingerprint density at radius 3 is 2.53 bits per heavy atom. The van der Waals surface area contributed by atoms with E-state index in [-0.39, 0.29) is 22.7 Å². The van der Waals surface area contributed by atoms with Gasteiger partial charge in [0.15, 0.2) is 5.65 Å². The van der Waals surface area contributed by atoms with Crippen LogP contribution in [0.5, 0.6) is 0 Å². The minimum Gasteiger partial charge on any atom is -0.310 e. The third-order valence-corrected chi connectivity index (χ3v) is 4.82. The monoisotopic (exact) mass is 258 g/mol. The summed E-state index contributed by atoms with van der Waals surface area (Å²) in [6, 6.07) is 3.57. The van der Waals surface area contributed by atoms with Crippen LogP contribution in [0.2, 0.25) is 0 Å². The minimum atomic E-state index is 0.0266. The predicted octanol–water partition coefficient (Wildman–Crippen LogP) is 2.35. The number of nitrogens with one attached hydrogen (secondary N) is 1. The van der Waals surface area contributed by atoms with Crippen LogP contribution in [-0.4, -0.2) is 20.5 Å². The maximum atomic E-state index is 12.4. The first kappa shape index (κ1) is 12.1. The molecule has 0 atom stereocenters. The van der Waals surface area contributed by atoms with E-state index < -0.39 is 0 Å². The summed E-state index contributed by atoms with van der Waals surface area (Å²) in [4.78, 5) is 16.6. The Labute approximate surface area is 112 Å². The van der Waals surface area contributed by atoms with Crippen molar-refractivity contribution in [3.8, 4) is 0 Å². The molecule has 2 aromatic rings. The normalized spacial score (nSPS) is 20.4. The lowest BCUT2D eigenvalue weighted by Crippen LogP contribution is -2.19. The first-order valence-corrected chi connectivity index (χ1v) is 6.45. The van der Waals surface area contributed by atoms with Gasteiger partial charge in [0.2, 0.25) is 5.91 Å². The molecule has 2 heterocycles. The largest absolute Gasteiger partial charge is 0.310 e. The fourth-order valence-corrected chi connectivity index (χ4v) is 2.98. The van der Waals surface area contributed by atoms with Gasteiger partial charge in [-0.3, -0.25) is 4.79 Å². The van der Waals surface area contributed by atoms with E-state index in [1.54, 1.807) is 29.0 Å². The van der Waals surface area contributed by atoms with Crippen molar-refractivity contribution in [1.29, 1.82) is 0 Å². The van der Waals surface area contributed by atoms with E-state index in [2.05, 4.69) is 43.1 Å². The summed E-state index contributed by atoms with van der Waals surface area (Å²) in [6.07, 6.45) is 3.35. The number of hydrogen-bond donors (Lipinski definition) is 1. The zero-order chi connectivity index (χ0) is 13.8. The Bertz CT molecular complexity index is 642. The lowest BCUT2D eigenvalue weighted by molar-refractivity contribution is -0.118. The average Bonchev–Trinajstić information content (AvgIpc) is 2.69. The molecule has 1 N–H and O–H groups in total. The van der Waals surface area contributed by atoms with Crippen molar-refractivity contribution in [3.05, 3.63) is 24.5 Å². The molecule has 0 aromatic carbocycles. The fraction of sp³-hybridized carbons (Fsp3) is 0.500. The van der Waals surface area contributed by atoms with Gasteiger partial charge in [0.1, 0.15) is 5.82 Å². The molecule has 5 nitrogen and oxygen atoms in total. The molecule has 5 heteroatoms. The van der Waals surface area contributed by atoms with Crippen LogP contribution in [0.25, 0.3) is 5.65 Å². The first-order chi connectivity index (χ1) is 8.85. The van der Waals surface area contributed by atoms with Gasteiger partial charge < -0.3 is 5.32 Å². The second-order valence-electron chi connectivity index (χ2n) is 6.30. The number of rotatable bonds is 2. The van der Waals surface area contributed by atoms with Crippen molar-refractivity contribution in [2.45, 2.75) is 27.7 Å². The zero-order valence-electron chi connectivity index (χ0n) is 11.6. The van der Waals surface area contributed by atoms with Crippen LogP contribution >= 0.6 is 0 Å². The molecule has 1 saturated carbocycles. The molecule has 0 unspecified atom stereocenters. The van der Waals surface area contributed by atoms with Crippen molar-refractivity contribution in [2.24, 2.45) is 16.7 Å². The van der Waals surface area contributed by atoms with E-state index in [9.17, 15) is 4.79 Å². The van der Waals surface area contributed by atoms with Crippen LogP contribution in [0, 0.1) is 16.7 Å². The molecular formula is C14H18N4O. The topological polar surface area (TPSA) is 59.3 Å². The number of fused-ring (bicyclic) bond motifs is 1. The summed E-state index contributed by atoms with van der Waals surface area (Å²) in [7, 11) is 0. The van der Waals surface area contributed by atoms with Gasteiger partial charge in [-0.15, -0.1) is 0 Å². The van der Waals surface area contributed by atoms with Crippen molar-refractivity contribution in [1.82, 2.24) is 14.6 Å². The Morgan fingerprint density at radius 2 is 1.89 bits per heavy atom. The fourth-order valence-electron chi connectivity index (χ4n) is 2.98. The van der Waals surface area contributed by atoms with E-state index >= 15 is 0 Å². The van der Waals surface area contributed by atoms with Gasteiger partial charge in [-0.1, -0.05) is 27.7 Å². The quantitative estimate of drug-likeness (QED) is 0.899. The maximum Gasteiger partial charge on any atom is 0.229 e. The summed E-state index contributed by atoms with van der Waals surface area (Å²) >= 11 is 0. The van der Waals surface area contributed by atoms with E-state index in [1.165, 1.54) is 0 Å². The van der Waals surface area contributed by atoms with Crippen LogP contribution in [0.4, 0.5) is 5.82 Å². The Kier molecular flexibility index (Phi) is 2.27. The van der Waals surface area contributed by atoms with E-state index in [0.29, 0.717) is 5.82 Å². The number of nitrogens with zero attached hydrogens (tertiary/aromatic N) is 3. The van der Waals surface area contributed by atoms with Gasteiger partial charge in [0, 0.05) is 18.2 Å². The number of hydrogen-bond acceptors (Lipinski definition) is 3. The molecule has 1 aliphatic carbocycles. The molecule has 100 valence electrons. The third kappa shape index (κ3) is 1.57. The molecule has 0 aliphatic heterocycles. The summed E-state index contributed by atoms with van der Waals surface area (Å²) < 4.78 is 1.64. The molecule has 0 saturated heterocycles. The lowest BCUT2D eigenvalue weighted by Gasteiger charge is -2.07. The molecule has 19 heavy (non-hydrogen) atoms. The first-order valence-electron chi connectivity index (χ1n) is 6.45. The number of carbonyl (C=O) groups is 1. The molecule has 0 radical (unpaired) electrons. The molecule has 0 spiro atoms. The second kappa shape index (κ2) is 3.56.